The molecular weight excluding hydrogens is 622 g/mol. The molecule has 0 amide bonds. The van der Waals surface area contributed by atoms with Gasteiger partial charge >= 0.3 is 0 Å². The van der Waals surface area contributed by atoms with Crippen molar-refractivity contribution in [3.05, 3.63) is 107 Å². The zero-order valence-corrected chi connectivity index (χ0v) is 33.4. The molecule has 0 bridgehead atoms. The fraction of sp³-hybridized carbons (Fsp3) is 0.442. The number of nitrogens with zero attached hydrogens (tertiary/aromatic N) is 2. The molecule has 256 valence electrons. The van der Waals surface area contributed by atoms with Crippen molar-refractivity contribution in [2.24, 2.45) is 0 Å². The molecule has 5 heteroatoms. The molecule has 0 atom stereocenters. The van der Waals surface area contributed by atoms with E-state index in [0.717, 1.165) is 37.7 Å². The molecule has 0 saturated carbocycles. The zero-order valence-electron chi connectivity index (χ0n) is 31.6. The smallest absolute Gasteiger partial charge is 0.141 e. The highest BCUT2D eigenvalue weighted by atomic mass is 31.1. The summed E-state index contributed by atoms with van der Waals surface area (Å²) in [7, 11) is -1.66. The summed E-state index contributed by atoms with van der Waals surface area (Å²) in [6, 6.07) is 32.1. The summed E-state index contributed by atoms with van der Waals surface area (Å²) < 4.78 is 12.9. The molecule has 1 aliphatic heterocycles. The third kappa shape index (κ3) is 7.04. The van der Waals surface area contributed by atoms with Gasteiger partial charge < -0.3 is 4.74 Å². The molecule has 1 aliphatic rings. The van der Waals surface area contributed by atoms with Crippen LogP contribution < -0.4 is 26.0 Å². The average Bonchev–Trinajstić information content (AvgIpc) is 3.05. The van der Waals surface area contributed by atoms with Crippen molar-refractivity contribution in [2.45, 2.75) is 99.3 Å². The van der Waals surface area contributed by atoms with Crippen LogP contribution in [0.5, 0.6) is 11.5 Å². The molecule has 0 spiro atoms. The Morgan fingerprint density at radius 3 is 1.31 bits per heavy atom. The van der Waals surface area contributed by atoms with Gasteiger partial charge in [0.1, 0.15) is 11.5 Å². The van der Waals surface area contributed by atoms with Crippen molar-refractivity contribution in [3.63, 3.8) is 0 Å². The normalized spacial score (nSPS) is 14.4. The third-order valence-corrected chi connectivity index (χ3v) is 15.3. The lowest BCUT2D eigenvalue weighted by molar-refractivity contribution is 0.413. The van der Waals surface area contributed by atoms with Gasteiger partial charge in [-0.05, 0) is 52.6 Å². The Bertz CT molecular complexity index is 1640. The molecule has 4 aromatic carbocycles. The van der Waals surface area contributed by atoms with E-state index in [2.05, 4.69) is 177 Å². The zero-order chi connectivity index (χ0) is 35.0. The van der Waals surface area contributed by atoms with E-state index in [9.17, 15) is 0 Å². The predicted molar refractivity (Wildman–Crippen MR) is 214 cm³/mol. The minimum Gasteiger partial charge on any atom is -0.455 e. The Labute approximate surface area is 294 Å². The second-order valence-electron chi connectivity index (χ2n) is 15.5. The van der Waals surface area contributed by atoms with Crippen LogP contribution in [0, 0.1) is 0 Å². The largest absolute Gasteiger partial charge is 0.455 e. The molecule has 0 unspecified atom stereocenters. The first-order chi connectivity index (χ1) is 22.7. The molecule has 48 heavy (non-hydrogen) atoms. The van der Waals surface area contributed by atoms with Crippen LogP contribution in [0.15, 0.2) is 84.9 Å². The molecule has 0 aliphatic carbocycles. The summed E-state index contributed by atoms with van der Waals surface area (Å²) in [5.41, 5.74) is 5.06. The summed E-state index contributed by atoms with van der Waals surface area (Å²) in [6.07, 6.45) is 0. The van der Waals surface area contributed by atoms with Crippen LogP contribution in [0.3, 0.4) is 0 Å². The third-order valence-electron chi connectivity index (χ3n) is 9.90. The van der Waals surface area contributed by atoms with Crippen molar-refractivity contribution >= 4 is 37.4 Å². The van der Waals surface area contributed by atoms with E-state index in [-0.39, 0.29) is 16.2 Å². The molecule has 1 heterocycles. The second kappa shape index (κ2) is 14.4. The molecule has 5 rings (SSSR count). The maximum absolute atomic E-state index is 7.57. The van der Waals surface area contributed by atoms with E-state index in [0.29, 0.717) is 0 Å². The fourth-order valence-corrected chi connectivity index (χ4v) is 11.9. The van der Waals surface area contributed by atoms with Crippen molar-refractivity contribution in [3.8, 4) is 11.5 Å². The second-order valence-corrected chi connectivity index (χ2v) is 19.9. The van der Waals surface area contributed by atoms with Gasteiger partial charge in [-0.3, -0.25) is 9.34 Å². The summed E-state index contributed by atoms with van der Waals surface area (Å²) in [4.78, 5) is 0. The van der Waals surface area contributed by atoms with Crippen LogP contribution in [0.1, 0.15) is 105 Å². The first kappa shape index (κ1) is 36.7. The van der Waals surface area contributed by atoms with Gasteiger partial charge in [-0.2, -0.15) is 0 Å². The van der Waals surface area contributed by atoms with Gasteiger partial charge in [0.15, 0.2) is 0 Å². The van der Waals surface area contributed by atoms with Crippen molar-refractivity contribution in [2.75, 3.05) is 26.2 Å². The number of hydrogen-bond acceptors (Lipinski definition) is 3. The quantitative estimate of drug-likeness (QED) is 0.155. The van der Waals surface area contributed by atoms with Crippen molar-refractivity contribution < 1.29 is 4.74 Å². The first-order valence-electron chi connectivity index (χ1n) is 17.9. The summed E-state index contributed by atoms with van der Waals surface area (Å²) >= 11 is 0. The maximum Gasteiger partial charge on any atom is 0.141 e. The Kier molecular flexibility index (Phi) is 11.0. The van der Waals surface area contributed by atoms with Crippen LogP contribution in [0.2, 0.25) is 0 Å². The van der Waals surface area contributed by atoms with Crippen LogP contribution in [-0.4, -0.2) is 35.5 Å². The molecule has 0 fully saturated rings. The molecule has 4 aromatic rings. The highest BCUT2D eigenvalue weighted by Gasteiger charge is 2.42. The summed E-state index contributed by atoms with van der Waals surface area (Å²) in [5.74, 6) is 2.13. The van der Waals surface area contributed by atoms with Crippen LogP contribution in [-0.2, 0) is 16.2 Å². The van der Waals surface area contributed by atoms with E-state index >= 15 is 0 Å². The van der Waals surface area contributed by atoms with E-state index in [1.165, 1.54) is 43.5 Å². The van der Waals surface area contributed by atoms with Gasteiger partial charge in [-0.1, -0.05) is 156 Å². The first-order valence-corrected chi connectivity index (χ1v) is 20.5. The minimum atomic E-state index is -0.882. The predicted octanol–water partition coefficient (Wildman–Crippen LogP) is 10.1. The SMILES string of the molecule is CCN(CC)P(c1cc(C(C)(C)C)cc2c1Oc1c(P(c3ccccc3)c3ccccc3)cc(C(C)(C)C)cc1C2(C)C)N(CC)CC. The number of benzene rings is 4. The standard InChI is InChI=1S/C43H58N2OP2/c1-13-44(14-2)48(45(15-3)16-4)38-30-32(42(8,9)10)28-36-40(38)46-39-35(43(36,11)12)27-31(41(5,6)7)29-37(39)47(33-23-19-17-20-24-33)34-25-21-18-22-26-34/h17-30H,13-16H2,1-12H3. The van der Waals surface area contributed by atoms with Crippen LogP contribution in [0.4, 0.5) is 0 Å². The minimum absolute atomic E-state index is 0.00101. The molecule has 3 nitrogen and oxygen atoms in total. The average molecular weight is 681 g/mol. The maximum atomic E-state index is 7.57. The molecule has 0 N–H and O–H groups in total. The Morgan fingerprint density at radius 1 is 0.562 bits per heavy atom. The number of fused-ring (bicyclic) bond motifs is 2. The van der Waals surface area contributed by atoms with Crippen molar-refractivity contribution in [1.82, 2.24) is 9.34 Å². The van der Waals surface area contributed by atoms with Gasteiger partial charge in [-0.25, -0.2) is 0 Å². The Balaban J connectivity index is 1.90. The van der Waals surface area contributed by atoms with Crippen molar-refractivity contribution in [1.29, 1.82) is 0 Å². The number of hydrogen-bond donors (Lipinski definition) is 0. The van der Waals surface area contributed by atoms with Gasteiger partial charge in [0.25, 0.3) is 0 Å². The van der Waals surface area contributed by atoms with Gasteiger partial charge in [0.05, 0.1) is 8.22 Å². The van der Waals surface area contributed by atoms with E-state index in [1.807, 2.05) is 0 Å². The van der Waals surface area contributed by atoms with Gasteiger partial charge in [0, 0.05) is 53.3 Å². The lowest BCUT2D eigenvalue weighted by Gasteiger charge is -2.43. The Morgan fingerprint density at radius 2 is 0.938 bits per heavy atom. The van der Waals surface area contributed by atoms with Crippen LogP contribution in [0.25, 0.3) is 0 Å². The lowest BCUT2D eigenvalue weighted by Crippen LogP contribution is -2.38. The lowest BCUT2D eigenvalue weighted by atomic mass is 9.72. The van der Waals surface area contributed by atoms with Gasteiger partial charge in [-0.15, -0.1) is 0 Å². The summed E-state index contributed by atoms with van der Waals surface area (Å²) in [5, 5.41) is 5.35. The molecule has 0 radical (unpaired) electrons. The highest BCUT2D eigenvalue weighted by molar-refractivity contribution is 7.80. The van der Waals surface area contributed by atoms with Crippen LogP contribution >= 0.6 is 16.1 Å². The number of rotatable bonds is 10. The fourth-order valence-electron chi connectivity index (χ4n) is 6.85. The number of ether oxygens (including phenoxy) is 1. The topological polar surface area (TPSA) is 15.7 Å². The summed E-state index contributed by atoms with van der Waals surface area (Å²) in [6.45, 7) is 32.2. The van der Waals surface area contributed by atoms with Gasteiger partial charge in [0.2, 0.25) is 0 Å². The van der Waals surface area contributed by atoms with E-state index in [1.54, 1.807) is 0 Å². The molecule has 0 aromatic heterocycles. The van der Waals surface area contributed by atoms with E-state index in [4.69, 9.17) is 4.74 Å². The monoisotopic (exact) mass is 680 g/mol. The molecule has 0 saturated heterocycles. The molecular formula is C43H58N2OP2. The Hall–Kier alpha value is -2.54. The van der Waals surface area contributed by atoms with E-state index < -0.39 is 16.1 Å². The highest BCUT2D eigenvalue weighted by Crippen LogP contribution is 2.55.